The quantitative estimate of drug-likeness (QED) is 0.848. The van der Waals surface area contributed by atoms with E-state index in [4.69, 9.17) is 11.6 Å². The molecular weight excluding hydrogens is 353 g/mol. The van der Waals surface area contributed by atoms with Gasteiger partial charge in [-0.3, -0.25) is 14.2 Å². The monoisotopic (exact) mass is 371 g/mol. The standard InChI is InChI=1S/C16H19ClFN3O2S/c1-10-14(15(22)19-6-7-20(2)3)24-16(23)21(10)9-11-4-5-13(18)12(17)8-11/h4-5,8H,6-7,9H2,1-3H3,(H,19,22). The molecule has 1 aromatic carbocycles. The minimum absolute atomic E-state index is 0.00934. The second kappa shape index (κ2) is 7.92. The maximum atomic E-state index is 13.2. The molecule has 0 saturated heterocycles. The molecule has 1 heterocycles. The second-order valence-corrected chi connectivity index (χ2v) is 7.05. The summed E-state index contributed by atoms with van der Waals surface area (Å²) in [7, 11) is 3.83. The van der Waals surface area contributed by atoms with E-state index in [2.05, 4.69) is 5.32 Å². The van der Waals surface area contributed by atoms with Gasteiger partial charge < -0.3 is 10.2 Å². The minimum Gasteiger partial charge on any atom is -0.350 e. The van der Waals surface area contributed by atoms with E-state index < -0.39 is 5.82 Å². The van der Waals surface area contributed by atoms with Crippen LogP contribution in [0.15, 0.2) is 23.0 Å². The number of likely N-dealkylation sites (N-methyl/N-ethyl adjacent to an activating group) is 1. The third-order valence-corrected chi connectivity index (χ3v) is 4.89. The van der Waals surface area contributed by atoms with Crippen LogP contribution < -0.4 is 10.2 Å². The number of carbonyl (C=O) groups excluding carboxylic acids is 1. The van der Waals surface area contributed by atoms with Crippen molar-refractivity contribution in [3.63, 3.8) is 0 Å². The van der Waals surface area contributed by atoms with E-state index in [-0.39, 0.29) is 22.3 Å². The third-order valence-electron chi connectivity index (χ3n) is 3.52. The number of rotatable bonds is 6. The molecule has 2 rings (SSSR count). The molecule has 0 fully saturated rings. The van der Waals surface area contributed by atoms with Gasteiger partial charge in [0.1, 0.15) is 10.7 Å². The molecule has 1 amide bonds. The van der Waals surface area contributed by atoms with E-state index in [0.29, 0.717) is 29.2 Å². The van der Waals surface area contributed by atoms with E-state index in [0.717, 1.165) is 11.3 Å². The number of hydrogen-bond acceptors (Lipinski definition) is 4. The topological polar surface area (TPSA) is 54.3 Å². The van der Waals surface area contributed by atoms with Gasteiger partial charge in [-0.1, -0.05) is 29.0 Å². The Balaban J connectivity index is 2.17. The number of nitrogens with one attached hydrogen (secondary N) is 1. The first-order valence-corrected chi connectivity index (χ1v) is 8.56. The van der Waals surface area contributed by atoms with Crippen LogP contribution in [-0.2, 0) is 6.54 Å². The highest BCUT2D eigenvalue weighted by molar-refractivity contribution is 7.11. The maximum absolute atomic E-state index is 13.2. The number of hydrogen-bond donors (Lipinski definition) is 1. The number of amides is 1. The summed E-state index contributed by atoms with van der Waals surface area (Å²) >= 11 is 6.68. The van der Waals surface area contributed by atoms with Crippen LogP contribution in [0.3, 0.4) is 0 Å². The molecule has 130 valence electrons. The maximum Gasteiger partial charge on any atom is 0.308 e. The fourth-order valence-corrected chi connectivity index (χ4v) is 3.28. The zero-order valence-electron chi connectivity index (χ0n) is 13.7. The lowest BCUT2D eigenvalue weighted by Crippen LogP contribution is -2.31. The van der Waals surface area contributed by atoms with E-state index in [1.165, 1.54) is 16.7 Å². The van der Waals surface area contributed by atoms with Gasteiger partial charge in [-0.2, -0.15) is 0 Å². The Morgan fingerprint density at radius 3 is 2.75 bits per heavy atom. The molecular formula is C16H19ClFN3O2S. The van der Waals surface area contributed by atoms with E-state index in [1.807, 2.05) is 19.0 Å². The summed E-state index contributed by atoms with van der Waals surface area (Å²) in [4.78, 5) is 26.5. The van der Waals surface area contributed by atoms with Crippen molar-refractivity contribution >= 4 is 28.8 Å². The van der Waals surface area contributed by atoms with E-state index in [1.54, 1.807) is 13.0 Å². The molecule has 1 N–H and O–H groups in total. The van der Waals surface area contributed by atoms with Gasteiger partial charge in [0.05, 0.1) is 11.6 Å². The van der Waals surface area contributed by atoms with Gasteiger partial charge >= 0.3 is 4.87 Å². The highest BCUT2D eigenvalue weighted by Gasteiger charge is 2.17. The molecule has 0 radical (unpaired) electrons. The Morgan fingerprint density at radius 1 is 1.42 bits per heavy atom. The highest BCUT2D eigenvalue weighted by atomic mass is 35.5. The normalized spacial score (nSPS) is 11.1. The molecule has 0 unspecified atom stereocenters. The van der Waals surface area contributed by atoms with Crippen LogP contribution in [0.2, 0.25) is 5.02 Å². The first-order valence-electron chi connectivity index (χ1n) is 7.36. The summed E-state index contributed by atoms with van der Waals surface area (Å²) in [6, 6.07) is 4.32. The fraction of sp³-hybridized carbons (Fsp3) is 0.375. The van der Waals surface area contributed by atoms with Crippen LogP contribution in [0.25, 0.3) is 0 Å². The van der Waals surface area contributed by atoms with Gasteiger partial charge in [-0.05, 0) is 38.7 Å². The van der Waals surface area contributed by atoms with E-state index in [9.17, 15) is 14.0 Å². The molecule has 0 spiro atoms. The lowest BCUT2D eigenvalue weighted by molar-refractivity contribution is 0.0954. The largest absolute Gasteiger partial charge is 0.350 e. The smallest absolute Gasteiger partial charge is 0.308 e. The lowest BCUT2D eigenvalue weighted by atomic mass is 10.2. The summed E-state index contributed by atoms with van der Waals surface area (Å²) in [5.74, 6) is -0.761. The summed E-state index contributed by atoms with van der Waals surface area (Å²) in [5.41, 5.74) is 1.29. The van der Waals surface area contributed by atoms with Crippen LogP contribution in [0, 0.1) is 12.7 Å². The second-order valence-electron chi connectivity index (χ2n) is 5.68. The van der Waals surface area contributed by atoms with Crippen molar-refractivity contribution < 1.29 is 9.18 Å². The first kappa shape index (κ1) is 18.6. The average molecular weight is 372 g/mol. The average Bonchev–Trinajstić information content (AvgIpc) is 2.78. The van der Waals surface area contributed by atoms with E-state index >= 15 is 0 Å². The van der Waals surface area contributed by atoms with Crippen molar-refractivity contribution in [1.29, 1.82) is 0 Å². The zero-order valence-corrected chi connectivity index (χ0v) is 15.3. The Bertz CT molecular complexity index is 801. The molecule has 8 heteroatoms. The summed E-state index contributed by atoms with van der Waals surface area (Å²) < 4.78 is 14.7. The van der Waals surface area contributed by atoms with Crippen molar-refractivity contribution in [1.82, 2.24) is 14.8 Å². The van der Waals surface area contributed by atoms with Crippen molar-refractivity contribution in [2.45, 2.75) is 13.5 Å². The van der Waals surface area contributed by atoms with Crippen LogP contribution in [0.5, 0.6) is 0 Å². The Labute approximate surface area is 148 Å². The Hall–Kier alpha value is -1.70. The Morgan fingerprint density at radius 2 is 2.12 bits per heavy atom. The van der Waals surface area contributed by atoms with Crippen LogP contribution >= 0.6 is 22.9 Å². The number of halogens is 2. The van der Waals surface area contributed by atoms with Crippen molar-refractivity contribution in [3.8, 4) is 0 Å². The molecule has 24 heavy (non-hydrogen) atoms. The number of aromatic nitrogens is 1. The first-order chi connectivity index (χ1) is 11.3. The number of carbonyl (C=O) groups is 1. The number of thiazole rings is 1. The van der Waals surface area contributed by atoms with Gasteiger partial charge in [-0.15, -0.1) is 0 Å². The van der Waals surface area contributed by atoms with Gasteiger partial charge in [0.2, 0.25) is 0 Å². The molecule has 0 aliphatic heterocycles. The van der Waals surface area contributed by atoms with Crippen molar-refractivity contribution in [2.24, 2.45) is 0 Å². The molecule has 1 aromatic heterocycles. The molecule has 0 bridgehead atoms. The molecule has 0 aliphatic rings. The molecule has 0 atom stereocenters. The summed E-state index contributed by atoms with van der Waals surface area (Å²) in [6.07, 6.45) is 0. The van der Waals surface area contributed by atoms with Crippen molar-refractivity contribution in [2.75, 3.05) is 27.2 Å². The van der Waals surface area contributed by atoms with Gasteiger partial charge in [0.25, 0.3) is 5.91 Å². The van der Waals surface area contributed by atoms with Gasteiger partial charge in [0, 0.05) is 18.8 Å². The van der Waals surface area contributed by atoms with Crippen LogP contribution in [-0.4, -0.2) is 42.6 Å². The minimum atomic E-state index is -0.504. The zero-order chi connectivity index (χ0) is 17.9. The third kappa shape index (κ3) is 4.43. The highest BCUT2D eigenvalue weighted by Crippen LogP contribution is 2.18. The summed E-state index contributed by atoms with van der Waals surface area (Å²) in [5, 5.41) is 2.81. The Kier molecular flexibility index (Phi) is 6.15. The summed E-state index contributed by atoms with van der Waals surface area (Å²) in [6.45, 7) is 3.19. The molecule has 0 aliphatic carbocycles. The van der Waals surface area contributed by atoms with Crippen LogP contribution in [0.4, 0.5) is 4.39 Å². The predicted molar refractivity (Wildman–Crippen MR) is 94.7 cm³/mol. The molecule has 0 saturated carbocycles. The predicted octanol–water partition coefficient (Wildman–Crippen LogP) is 2.35. The lowest BCUT2D eigenvalue weighted by Gasteiger charge is -2.10. The fourth-order valence-electron chi connectivity index (χ4n) is 2.16. The van der Waals surface area contributed by atoms with Gasteiger partial charge in [-0.25, -0.2) is 4.39 Å². The van der Waals surface area contributed by atoms with Crippen molar-refractivity contribution in [3.05, 3.63) is 54.8 Å². The SMILES string of the molecule is Cc1c(C(=O)NCCN(C)C)sc(=O)n1Cc1ccc(F)c(Cl)c1. The van der Waals surface area contributed by atoms with Gasteiger partial charge in [0.15, 0.2) is 0 Å². The molecule has 5 nitrogen and oxygen atoms in total. The number of benzene rings is 1. The van der Waals surface area contributed by atoms with Crippen LogP contribution in [0.1, 0.15) is 20.9 Å². The molecule has 2 aromatic rings. The number of nitrogens with zero attached hydrogens (tertiary/aromatic N) is 2.